The molecule has 1 fully saturated rings. The predicted molar refractivity (Wildman–Crippen MR) is 135 cm³/mol. The van der Waals surface area contributed by atoms with Crippen molar-refractivity contribution in [1.82, 2.24) is 14.5 Å². The van der Waals surface area contributed by atoms with Crippen LogP contribution in [0.5, 0.6) is 0 Å². The average Bonchev–Trinajstić information content (AvgIpc) is 3.43. The highest BCUT2D eigenvalue weighted by Gasteiger charge is 2.37. The number of amides is 1. The van der Waals surface area contributed by atoms with Gasteiger partial charge >= 0.3 is 12.2 Å². The van der Waals surface area contributed by atoms with Crippen LogP contribution in [0.2, 0.25) is 0 Å². The van der Waals surface area contributed by atoms with E-state index in [1.807, 2.05) is 41.5 Å². The van der Waals surface area contributed by atoms with E-state index in [2.05, 4.69) is 26.7 Å². The first-order valence-corrected chi connectivity index (χ1v) is 13.4. The first-order valence-electron chi connectivity index (χ1n) is 10.8. The zero-order valence-corrected chi connectivity index (χ0v) is 22.8. The zero-order chi connectivity index (χ0) is 24.1. The van der Waals surface area contributed by atoms with Gasteiger partial charge in [0.15, 0.2) is 0 Å². The van der Waals surface area contributed by atoms with Crippen molar-refractivity contribution in [3.63, 3.8) is 0 Å². The Morgan fingerprint density at radius 3 is 2.33 bits per heavy atom. The number of hydrogen-bond acceptors (Lipinski definition) is 7. The maximum absolute atomic E-state index is 13.2. The number of imidazole rings is 1. The molecule has 33 heavy (non-hydrogen) atoms. The lowest BCUT2D eigenvalue weighted by Gasteiger charge is -2.28. The highest BCUT2D eigenvalue weighted by Crippen LogP contribution is 2.43. The predicted octanol–water partition coefficient (Wildman–Crippen LogP) is 7.44. The summed E-state index contributed by atoms with van der Waals surface area (Å²) in [6.07, 6.45) is 2.32. The topological polar surface area (TPSA) is 73.7 Å². The van der Waals surface area contributed by atoms with Crippen LogP contribution in [-0.4, -0.2) is 44.4 Å². The summed E-state index contributed by atoms with van der Waals surface area (Å²) in [6.45, 7) is 11.6. The molecule has 3 aromatic heterocycles. The van der Waals surface area contributed by atoms with Gasteiger partial charge in [0.1, 0.15) is 17.0 Å². The number of carbonyl (C=O) groups is 2. The third-order valence-electron chi connectivity index (χ3n) is 5.02. The number of aromatic nitrogens is 2. The molecule has 0 spiro atoms. The Kier molecular flexibility index (Phi) is 6.39. The first kappa shape index (κ1) is 24.2. The molecule has 1 aliphatic rings. The van der Waals surface area contributed by atoms with E-state index in [4.69, 9.17) is 14.5 Å². The Morgan fingerprint density at radius 2 is 1.67 bits per heavy atom. The molecule has 0 aliphatic carbocycles. The molecule has 0 saturated carbocycles. The van der Waals surface area contributed by atoms with Gasteiger partial charge in [-0.15, -0.1) is 22.7 Å². The van der Waals surface area contributed by atoms with Crippen LogP contribution in [-0.2, 0) is 9.47 Å². The summed E-state index contributed by atoms with van der Waals surface area (Å²) in [5.41, 5.74) is 0.391. The van der Waals surface area contributed by atoms with E-state index >= 15 is 0 Å². The van der Waals surface area contributed by atoms with Gasteiger partial charge < -0.3 is 9.47 Å². The van der Waals surface area contributed by atoms with Crippen LogP contribution in [0.4, 0.5) is 9.59 Å². The Bertz CT molecular complexity index is 1200. The van der Waals surface area contributed by atoms with Gasteiger partial charge in [-0.2, -0.15) is 0 Å². The van der Waals surface area contributed by atoms with Crippen LogP contribution in [0.15, 0.2) is 21.4 Å². The largest absolute Gasteiger partial charge is 0.444 e. The van der Waals surface area contributed by atoms with Crippen LogP contribution in [0, 0.1) is 0 Å². The lowest BCUT2D eigenvalue weighted by atomic mass is 10.2. The number of carbonyl (C=O) groups excluding carboxylic acids is 2. The minimum absolute atomic E-state index is 0.370. The molecule has 1 aliphatic heterocycles. The van der Waals surface area contributed by atoms with E-state index in [-0.39, 0.29) is 6.04 Å². The second kappa shape index (κ2) is 8.70. The van der Waals surface area contributed by atoms with Gasteiger partial charge in [0.05, 0.1) is 21.1 Å². The molecule has 0 aromatic carbocycles. The summed E-state index contributed by atoms with van der Waals surface area (Å²) < 4.78 is 16.1. The number of likely N-dealkylation sites (tertiary alicyclic amines) is 1. The number of thiophene rings is 2. The van der Waals surface area contributed by atoms with Gasteiger partial charge in [-0.25, -0.2) is 19.1 Å². The molecule has 7 nitrogen and oxygen atoms in total. The van der Waals surface area contributed by atoms with Crippen LogP contribution in [0.25, 0.3) is 20.7 Å². The van der Waals surface area contributed by atoms with Crippen molar-refractivity contribution in [2.45, 2.75) is 71.6 Å². The summed E-state index contributed by atoms with van der Waals surface area (Å²) in [7, 11) is 0. The van der Waals surface area contributed by atoms with E-state index in [0.717, 1.165) is 25.9 Å². The van der Waals surface area contributed by atoms with Crippen LogP contribution >= 0.6 is 38.6 Å². The molecule has 10 heteroatoms. The molecule has 0 radical (unpaired) electrons. The molecule has 178 valence electrons. The fraction of sp³-hybridized carbons (Fsp3) is 0.522. The fourth-order valence-electron chi connectivity index (χ4n) is 3.76. The van der Waals surface area contributed by atoms with E-state index in [1.54, 1.807) is 33.8 Å². The zero-order valence-electron chi connectivity index (χ0n) is 19.6. The molecule has 1 unspecified atom stereocenters. The van der Waals surface area contributed by atoms with Gasteiger partial charge in [0.25, 0.3) is 0 Å². The quantitative estimate of drug-likeness (QED) is 0.329. The Morgan fingerprint density at radius 1 is 1.03 bits per heavy atom. The maximum atomic E-state index is 13.2. The van der Waals surface area contributed by atoms with Crippen molar-refractivity contribution in [2.24, 2.45) is 0 Å². The number of hydrogen-bond donors (Lipinski definition) is 0. The summed E-state index contributed by atoms with van der Waals surface area (Å²) in [5, 5.41) is 4.11. The summed E-state index contributed by atoms with van der Waals surface area (Å²) >= 11 is 6.86. The van der Waals surface area contributed by atoms with Gasteiger partial charge in [0.2, 0.25) is 0 Å². The molecule has 0 bridgehead atoms. The van der Waals surface area contributed by atoms with Crippen LogP contribution < -0.4 is 0 Å². The Hall–Kier alpha value is -1.91. The van der Waals surface area contributed by atoms with E-state index in [1.165, 1.54) is 4.57 Å². The van der Waals surface area contributed by atoms with Crippen molar-refractivity contribution < 1.29 is 19.1 Å². The highest BCUT2D eigenvalue weighted by molar-refractivity contribution is 9.10. The molecule has 4 heterocycles. The monoisotopic (exact) mass is 553 g/mol. The fourth-order valence-corrected chi connectivity index (χ4v) is 6.80. The van der Waals surface area contributed by atoms with Crippen molar-refractivity contribution in [2.75, 3.05) is 6.54 Å². The second-order valence-corrected chi connectivity index (χ2v) is 12.7. The number of ether oxygens (including phenoxy) is 2. The molecule has 1 amide bonds. The van der Waals surface area contributed by atoms with Crippen molar-refractivity contribution in [3.05, 3.63) is 27.3 Å². The van der Waals surface area contributed by atoms with Crippen LogP contribution in [0.3, 0.4) is 0 Å². The summed E-state index contributed by atoms with van der Waals surface area (Å²) in [5.74, 6) is 0.498. The van der Waals surface area contributed by atoms with Crippen LogP contribution in [0.1, 0.15) is 66.3 Å². The third-order valence-corrected chi connectivity index (χ3v) is 8.37. The van der Waals surface area contributed by atoms with Crippen molar-refractivity contribution in [1.29, 1.82) is 0 Å². The van der Waals surface area contributed by atoms with E-state index in [0.29, 0.717) is 24.5 Å². The molecule has 1 saturated heterocycles. The summed E-state index contributed by atoms with van der Waals surface area (Å²) in [4.78, 5) is 32.6. The number of fused-ring (bicyclic) bond motifs is 1. The minimum atomic E-state index is -0.659. The second-order valence-electron chi connectivity index (χ2n) is 10.1. The molecule has 0 N–H and O–H groups in total. The SMILES string of the molecule is CC(C)(C)OC(=O)N1CCCC1c1nc(-c2csc3c(Br)csc23)cn1C(=O)OC(C)(C)C. The number of halogens is 1. The standard InChI is InChI=1S/C23H28BrN3O4S2/c1-22(2,3)30-20(28)26-9-7-8-16(26)19-25-15(10-27(19)21(29)31-23(4,5)6)13-11-32-18-14(24)12-33-17(13)18/h10-12,16H,7-9H2,1-6H3. The lowest BCUT2D eigenvalue weighted by molar-refractivity contribution is 0.0207. The van der Waals surface area contributed by atoms with Gasteiger partial charge in [0, 0.05) is 33.5 Å². The smallest absolute Gasteiger partial charge is 0.420 e. The van der Waals surface area contributed by atoms with Crippen molar-refractivity contribution >= 4 is 60.2 Å². The Labute approximate surface area is 209 Å². The van der Waals surface area contributed by atoms with E-state index < -0.39 is 23.4 Å². The normalized spacial score (nSPS) is 17.1. The molecule has 3 aromatic rings. The minimum Gasteiger partial charge on any atom is -0.444 e. The van der Waals surface area contributed by atoms with Gasteiger partial charge in [-0.05, 0) is 70.3 Å². The van der Waals surface area contributed by atoms with Crippen molar-refractivity contribution in [3.8, 4) is 11.3 Å². The number of nitrogens with zero attached hydrogens (tertiary/aromatic N) is 3. The molecular weight excluding hydrogens is 526 g/mol. The van der Waals surface area contributed by atoms with E-state index in [9.17, 15) is 9.59 Å². The number of rotatable bonds is 2. The summed E-state index contributed by atoms with van der Waals surface area (Å²) in [6, 6.07) is -0.370. The average molecular weight is 555 g/mol. The lowest BCUT2D eigenvalue weighted by Crippen LogP contribution is -2.38. The highest BCUT2D eigenvalue weighted by atomic mass is 79.9. The third kappa shape index (κ3) is 5.12. The van der Waals surface area contributed by atoms with Gasteiger partial charge in [-0.3, -0.25) is 4.90 Å². The molecule has 1 atom stereocenters. The Balaban J connectivity index is 1.77. The molecular formula is C23H28BrN3O4S2. The maximum Gasteiger partial charge on any atom is 0.420 e. The first-order chi connectivity index (χ1) is 15.3. The van der Waals surface area contributed by atoms with Gasteiger partial charge in [-0.1, -0.05) is 0 Å². The molecule has 4 rings (SSSR count).